The third kappa shape index (κ3) is 2.73. The number of benzene rings is 2. The Balaban J connectivity index is 2.39. The first-order valence-electron chi connectivity index (χ1n) is 5.93. The van der Waals surface area contributed by atoms with Crippen molar-refractivity contribution in [3.8, 4) is 0 Å². The van der Waals surface area contributed by atoms with E-state index in [0.29, 0.717) is 11.3 Å². The molecule has 0 aliphatic heterocycles. The third-order valence-electron chi connectivity index (χ3n) is 3.01. The van der Waals surface area contributed by atoms with Gasteiger partial charge in [-0.1, -0.05) is 12.1 Å². The molecule has 0 heterocycles. The van der Waals surface area contributed by atoms with Crippen LogP contribution in [0.1, 0.15) is 11.1 Å². The zero-order chi connectivity index (χ0) is 14.0. The molecule has 0 spiro atoms. The Bertz CT molecular complexity index is 623. The second kappa shape index (κ2) is 5.10. The lowest BCUT2D eigenvalue weighted by Gasteiger charge is -2.21. The van der Waals surface area contributed by atoms with E-state index >= 15 is 0 Å². The molecule has 0 aromatic heterocycles. The van der Waals surface area contributed by atoms with E-state index in [1.165, 1.54) is 6.07 Å². The lowest BCUT2D eigenvalue weighted by atomic mass is 10.1. The molecular weight excluding hydrogens is 241 g/mol. The number of amidine groups is 1. The highest BCUT2D eigenvalue weighted by molar-refractivity contribution is 5.95. The number of hydrogen-bond acceptors (Lipinski definition) is 2. The van der Waals surface area contributed by atoms with Gasteiger partial charge in [0, 0.05) is 18.3 Å². The van der Waals surface area contributed by atoms with Crippen molar-refractivity contribution in [2.24, 2.45) is 5.73 Å². The minimum absolute atomic E-state index is 0.136. The van der Waals surface area contributed by atoms with Gasteiger partial charge in [-0.15, -0.1) is 0 Å². The van der Waals surface area contributed by atoms with Gasteiger partial charge in [-0.2, -0.15) is 0 Å². The summed E-state index contributed by atoms with van der Waals surface area (Å²) in [6.45, 7) is 1.99. The zero-order valence-electron chi connectivity index (χ0n) is 10.9. The highest BCUT2D eigenvalue weighted by atomic mass is 19.1. The molecule has 0 radical (unpaired) electrons. The molecule has 0 atom stereocenters. The molecule has 0 amide bonds. The van der Waals surface area contributed by atoms with Gasteiger partial charge >= 0.3 is 0 Å². The second-order valence-corrected chi connectivity index (χ2v) is 4.48. The number of nitrogens with two attached hydrogens (primary N) is 1. The molecule has 19 heavy (non-hydrogen) atoms. The Hall–Kier alpha value is -2.36. The van der Waals surface area contributed by atoms with Crippen molar-refractivity contribution in [1.82, 2.24) is 0 Å². The molecule has 0 aliphatic rings. The molecule has 0 bridgehead atoms. The second-order valence-electron chi connectivity index (χ2n) is 4.48. The summed E-state index contributed by atoms with van der Waals surface area (Å²) in [5.74, 6) is -0.527. The standard InChI is InChI=1S/C15H16FN3/c1-10-4-3-5-12(8-10)19(2)14-7-6-11(15(17)18)9-13(14)16/h3-9H,1-2H3,(H3,17,18). The summed E-state index contributed by atoms with van der Waals surface area (Å²) in [6, 6.07) is 12.4. The van der Waals surface area contributed by atoms with Gasteiger partial charge in [0.2, 0.25) is 0 Å². The monoisotopic (exact) mass is 257 g/mol. The van der Waals surface area contributed by atoms with Gasteiger partial charge in [-0.25, -0.2) is 4.39 Å². The van der Waals surface area contributed by atoms with E-state index < -0.39 is 5.82 Å². The van der Waals surface area contributed by atoms with Crippen molar-refractivity contribution in [3.63, 3.8) is 0 Å². The van der Waals surface area contributed by atoms with Crippen LogP contribution in [0, 0.1) is 18.2 Å². The first-order valence-corrected chi connectivity index (χ1v) is 5.93. The predicted octanol–water partition coefficient (Wildman–Crippen LogP) is 3.19. The van der Waals surface area contributed by atoms with Gasteiger partial charge in [0.25, 0.3) is 0 Å². The molecule has 2 aromatic rings. The van der Waals surface area contributed by atoms with E-state index in [2.05, 4.69) is 0 Å². The maximum atomic E-state index is 14.1. The van der Waals surface area contributed by atoms with Crippen LogP contribution in [-0.2, 0) is 0 Å². The lowest BCUT2D eigenvalue weighted by Crippen LogP contribution is -2.14. The summed E-state index contributed by atoms with van der Waals surface area (Å²) in [6.07, 6.45) is 0. The average molecular weight is 257 g/mol. The first kappa shape index (κ1) is 13.1. The average Bonchev–Trinajstić information content (AvgIpc) is 2.37. The summed E-state index contributed by atoms with van der Waals surface area (Å²) >= 11 is 0. The van der Waals surface area contributed by atoms with E-state index in [1.54, 1.807) is 24.1 Å². The SMILES string of the molecule is Cc1cccc(N(C)c2ccc(C(=N)N)cc2F)c1. The maximum absolute atomic E-state index is 14.1. The number of hydrogen-bond donors (Lipinski definition) is 2. The summed E-state index contributed by atoms with van der Waals surface area (Å²) in [5, 5.41) is 7.30. The van der Waals surface area contributed by atoms with Gasteiger partial charge in [0.05, 0.1) is 5.69 Å². The molecule has 4 heteroatoms. The number of anilines is 2. The van der Waals surface area contributed by atoms with Crippen molar-refractivity contribution in [2.45, 2.75) is 6.92 Å². The molecule has 2 aromatic carbocycles. The zero-order valence-corrected chi connectivity index (χ0v) is 10.9. The highest BCUT2D eigenvalue weighted by Crippen LogP contribution is 2.27. The van der Waals surface area contributed by atoms with Gasteiger partial charge in [-0.05, 0) is 42.8 Å². The number of nitrogens with one attached hydrogen (secondary N) is 1. The van der Waals surface area contributed by atoms with Crippen molar-refractivity contribution in [1.29, 1.82) is 5.41 Å². The maximum Gasteiger partial charge on any atom is 0.147 e. The number of nitrogens with zero attached hydrogens (tertiary/aromatic N) is 1. The lowest BCUT2D eigenvalue weighted by molar-refractivity contribution is 0.627. The van der Waals surface area contributed by atoms with Gasteiger partial charge in [0.15, 0.2) is 0 Å². The topological polar surface area (TPSA) is 53.1 Å². The number of halogens is 1. The highest BCUT2D eigenvalue weighted by Gasteiger charge is 2.11. The number of aryl methyl sites for hydroxylation is 1. The summed E-state index contributed by atoms with van der Waals surface area (Å²) in [4.78, 5) is 1.77. The molecule has 3 nitrogen and oxygen atoms in total. The Kier molecular flexibility index (Phi) is 3.51. The molecule has 0 saturated carbocycles. The molecular formula is C15H16FN3. The van der Waals surface area contributed by atoms with Crippen molar-refractivity contribution < 1.29 is 4.39 Å². The quantitative estimate of drug-likeness (QED) is 0.655. The molecule has 0 unspecified atom stereocenters. The van der Waals surface area contributed by atoms with Crippen LogP contribution in [0.5, 0.6) is 0 Å². The van der Waals surface area contributed by atoms with E-state index in [1.807, 2.05) is 31.2 Å². The van der Waals surface area contributed by atoms with Gasteiger partial charge < -0.3 is 10.6 Å². The van der Waals surface area contributed by atoms with Gasteiger partial charge in [-0.3, -0.25) is 5.41 Å². The van der Waals surface area contributed by atoms with E-state index in [4.69, 9.17) is 11.1 Å². The van der Waals surface area contributed by atoms with E-state index in [9.17, 15) is 4.39 Å². The minimum Gasteiger partial charge on any atom is -0.384 e. The Morgan fingerprint density at radius 1 is 1.21 bits per heavy atom. The van der Waals surface area contributed by atoms with Crippen LogP contribution in [0.2, 0.25) is 0 Å². The van der Waals surface area contributed by atoms with Crippen molar-refractivity contribution >= 4 is 17.2 Å². The van der Waals surface area contributed by atoms with Crippen LogP contribution in [0.3, 0.4) is 0 Å². The van der Waals surface area contributed by atoms with Crippen LogP contribution < -0.4 is 10.6 Å². The van der Waals surface area contributed by atoms with Crippen molar-refractivity contribution in [3.05, 3.63) is 59.4 Å². The van der Waals surface area contributed by atoms with Crippen LogP contribution in [0.4, 0.5) is 15.8 Å². The Labute approximate surface area is 112 Å². The molecule has 0 aliphatic carbocycles. The van der Waals surface area contributed by atoms with Crippen LogP contribution in [0.25, 0.3) is 0 Å². The third-order valence-corrected chi connectivity index (χ3v) is 3.01. The Morgan fingerprint density at radius 2 is 1.95 bits per heavy atom. The largest absolute Gasteiger partial charge is 0.384 e. The molecule has 0 saturated heterocycles. The van der Waals surface area contributed by atoms with Crippen molar-refractivity contribution in [2.75, 3.05) is 11.9 Å². The predicted molar refractivity (Wildman–Crippen MR) is 76.7 cm³/mol. The van der Waals surface area contributed by atoms with Crippen LogP contribution in [0.15, 0.2) is 42.5 Å². The van der Waals surface area contributed by atoms with Gasteiger partial charge in [0.1, 0.15) is 11.7 Å². The van der Waals surface area contributed by atoms with E-state index in [0.717, 1.165) is 11.3 Å². The van der Waals surface area contributed by atoms with E-state index in [-0.39, 0.29) is 5.84 Å². The number of nitrogen functional groups attached to an aromatic ring is 1. The molecule has 3 N–H and O–H groups in total. The molecule has 0 fully saturated rings. The molecule has 98 valence electrons. The first-order chi connectivity index (χ1) is 8.99. The summed E-state index contributed by atoms with van der Waals surface area (Å²) < 4.78 is 14.1. The minimum atomic E-state index is -0.392. The fourth-order valence-corrected chi connectivity index (χ4v) is 1.92. The summed E-state index contributed by atoms with van der Waals surface area (Å²) in [7, 11) is 1.81. The fraction of sp³-hybridized carbons (Fsp3) is 0.133. The van der Waals surface area contributed by atoms with Crippen LogP contribution >= 0.6 is 0 Å². The van der Waals surface area contributed by atoms with Crippen LogP contribution in [-0.4, -0.2) is 12.9 Å². The molecule has 2 rings (SSSR count). The Morgan fingerprint density at radius 3 is 2.53 bits per heavy atom. The smallest absolute Gasteiger partial charge is 0.147 e. The fourth-order valence-electron chi connectivity index (χ4n) is 1.92. The normalized spacial score (nSPS) is 10.3. The summed E-state index contributed by atoms with van der Waals surface area (Å²) in [5.41, 5.74) is 8.21. The number of rotatable bonds is 3.